The first kappa shape index (κ1) is 31.1. The van der Waals surface area contributed by atoms with Crippen LogP contribution in [-0.2, 0) is 9.59 Å². The smallest absolute Gasteiger partial charge is 0.335 e. The maximum Gasteiger partial charge on any atom is 0.335 e. The fraction of sp³-hybridized carbons (Fsp3) is 0.0909. The summed E-state index contributed by atoms with van der Waals surface area (Å²) in [6.07, 6.45) is 1.62. The number of aromatic carboxylic acids is 1. The summed E-state index contributed by atoms with van der Waals surface area (Å²) >= 11 is 7.40. The normalized spacial score (nSPS) is 11.7. The Morgan fingerprint density at radius 3 is 2.23 bits per heavy atom. The Bertz CT molecular complexity index is 1690. The lowest BCUT2D eigenvalue weighted by molar-refractivity contribution is -0.115. The van der Waals surface area contributed by atoms with Crippen LogP contribution in [-0.4, -0.2) is 34.0 Å². The van der Waals surface area contributed by atoms with Gasteiger partial charge in [-0.05, 0) is 80.1 Å². The number of carboxylic acids is 1. The molecular formula is C33H28ClN3O5S. The van der Waals surface area contributed by atoms with E-state index in [2.05, 4.69) is 16.0 Å². The number of carbonyl (C=O) groups excluding carboxylic acids is 3. The fourth-order valence-corrected chi connectivity index (χ4v) is 4.96. The monoisotopic (exact) mass is 613 g/mol. The first-order valence-electron chi connectivity index (χ1n) is 13.2. The number of thioether (sulfide) groups is 1. The maximum atomic E-state index is 13.3. The van der Waals surface area contributed by atoms with Crippen molar-refractivity contribution in [2.45, 2.75) is 24.0 Å². The summed E-state index contributed by atoms with van der Waals surface area (Å²) in [6.45, 7) is 3.65. The molecule has 0 aliphatic heterocycles. The SMILES string of the molecule is Cc1cccc(/C=C(\NC(=O)c2ccccc2)C(=O)Nc2ccc(SC(C)C(=O)Nc3cc(C(=O)O)ccc3Cl)cc2)c1. The fourth-order valence-electron chi connectivity index (χ4n) is 3.93. The standard InChI is InChI=1S/C33H28ClN3O5S/c1-20-7-6-8-22(17-20)18-29(37-31(39)23-9-4-3-5-10-23)32(40)35-25-12-14-26(15-13-25)43-21(2)30(38)36-28-19-24(33(41)42)11-16-27(28)34/h3-19,21H,1-2H3,(H,35,40)(H,36,38)(H,37,39)(H,41,42)/b29-18-. The van der Waals surface area contributed by atoms with Crippen LogP contribution in [0.3, 0.4) is 0 Å². The van der Waals surface area contributed by atoms with E-state index in [1.54, 1.807) is 67.6 Å². The summed E-state index contributed by atoms with van der Waals surface area (Å²) in [7, 11) is 0. The van der Waals surface area contributed by atoms with Crippen LogP contribution in [0.4, 0.5) is 11.4 Å². The molecule has 0 saturated carbocycles. The predicted octanol–water partition coefficient (Wildman–Crippen LogP) is 6.88. The highest BCUT2D eigenvalue weighted by Gasteiger charge is 2.18. The number of aryl methyl sites for hydroxylation is 1. The lowest BCUT2D eigenvalue weighted by atomic mass is 10.1. The molecular weight excluding hydrogens is 586 g/mol. The molecule has 0 aliphatic rings. The molecule has 0 bridgehead atoms. The number of hydrogen-bond donors (Lipinski definition) is 4. The first-order valence-corrected chi connectivity index (χ1v) is 14.4. The van der Waals surface area contributed by atoms with Crippen LogP contribution in [0, 0.1) is 6.92 Å². The van der Waals surface area contributed by atoms with Crippen LogP contribution in [0.2, 0.25) is 5.02 Å². The Hall–Kier alpha value is -4.86. The van der Waals surface area contributed by atoms with Gasteiger partial charge in [0.05, 0.1) is 21.5 Å². The summed E-state index contributed by atoms with van der Waals surface area (Å²) in [4.78, 5) is 50.9. The Balaban J connectivity index is 1.43. The number of anilines is 2. The van der Waals surface area contributed by atoms with E-state index in [1.165, 1.54) is 30.0 Å². The number of carbonyl (C=O) groups is 4. The molecule has 0 radical (unpaired) electrons. The number of nitrogens with one attached hydrogen (secondary N) is 3. The van der Waals surface area contributed by atoms with Crippen LogP contribution in [0.1, 0.15) is 38.8 Å². The zero-order valence-corrected chi connectivity index (χ0v) is 24.8. The minimum atomic E-state index is -1.13. The minimum absolute atomic E-state index is 0.00848. The second kappa shape index (κ2) is 14.4. The van der Waals surface area contributed by atoms with Gasteiger partial charge in [0.2, 0.25) is 5.91 Å². The Morgan fingerprint density at radius 2 is 1.56 bits per heavy atom. The number of rotatable bonds is 10. The van der Waals surface area contributed by atoms with E-state index in [9.17, 15) is 24.3 Å². The third-order valence-corrected chi connectivity index (χ3v) is 7.59. The van der Waals surface area contributed by atoms with Crippen molar-refractivity contribution in [2.24, 2.45) is 0 Å². The molecule has 8 nitrogen and oxygen atoms in total. The van der Waals surface area contributed by atoms with Crippen molar-refractivity contribution in [1.82, 2.24) is 5.32 Å². The minimum Gasteiger partial charge on any atom is -0.478 e. The molecule has 0 spiro atoms. The number of amides is 3. The van der Waals surface area contributed by atoms with E-state index in [-0.39, 0.29) is 27.9 Å². The lowest BCUT2D eigenvalue weighted by Crippen LogP contribution is -2.30. The summed E-state index contributed by atoms with van der Waals surface area (Å²) in [5, 5.41) is 17.1. The van der Waals surface area contributed by atoms with E-state index in [0.29, 0.717) is 11.3 Å². The van der Waals surface area contributed by atoms with Gasteiger partial charge in [0.15, 0.2) is 0 Å². The molecule has 1 atom stereocenters. The number of carboxylic acid groups (broad SMARTS) is 1. The Morgan fingerprint density at radius 1 is 0.837 bits per heavy atom. The van der Waals surface area contributed by atoms with Crippen molar-refractivity contribution < 1.29 is 24.3 Å². The molecule has 0 heterocycles. The van der Waals surface area contributed by atoms with Gasteiger partial charge >= 0.3 is 5.97 Å². The Labute approximate surface area is 258 Å². The average molecular weight is 614 g/mol. The van der Waals surface area contributed by atoms with Crippen molar-refractivity contribution in [3.63, 3.8) is 0 Å². The zero-order valence-electron chi connectivity index (χ0n) is 23.3. The second-order valence-electron chi connectivity index (χ2n) is 9.52. The van der Waals surface area contributed by atoms with Gasteiger partial charge in [0.1, 0.15) is 5.70 Å². The molecule has 10 heteroatoms. The Kier molecular flexibility index (Phi) is 10.4. The molecule has 1 unspecified atom stereocenters. The van der Waals surface area contributed by atoms with Crippen molar-refractivity contribution in [3.05, 3.63) is 130 Å². The molecule has 0 aromatic heterocycles. The van der Waals surface area contributed by atoms with Crippen molar-refractivity contribution >= 4 is 64.5 Å². The van der Waals surface area contributed by atoms with Crippen molar-refractivity contribution in [1.29, 1.82) is 0 Å². The summed E-state index contributed by atoms with van der Waals surface area (Å²) in [5.74, 6) is -2.39. The van der Waals surface area contributed by atoms with Crippen molar-refractivity contribution in [2.75, 3.05) is 10.6 Å². The highest BCUT2D eigenvalue weighted by Crippen LogP contribution is 2.28. The van der Waals surface area contributed by atoms with Gasteiger partial charge in [-0.15, -0.1) is 11.8 Å². The van der Waals surface area contributed by atoms with Crippen LogP contribution in [0.5, 0.6) is 0 Å². The number of benzene rings is 4. The van der Waals surface area contributed by atoms with Gasteiger partial charge < -0.3 is 21.1 Å². The van der Waals surface area contributed by atoms with Gasteiger partial charge in [0, 0.05) is 16.1 Å². The van der Waals surface area contributed by atoms with Gasteiger partial charge in [0.25, 0.3) is 11.8 Å². The molecule has 4 N–H and O–H groups in total. The third kappa shape index (κ3) is 8.81. The molecule has 218 valence electrons. The maximum absolute atomic E-state index is 13.3. The molecule has 4 aromatic rings. The van der Waals surface area contributed by atoms with Gasteiger partial charge in [-0.1, -0.05) is 59.6 Å². The van der Waals surface area contributed by atoms with Crippen LogP contribution < -0.4 is 16.0 Å². The van der Waals surface area contributed by atoms with Crippen LogP contribution >= 0.6 is 23.4 Å². The number of halogens is 1. The lowest BCUT2D eigenvalue weighted by Gasteiger charge is -2.14. The largest absolute Gasteiger partial charge is 0.478 e. The van der Waals surface area contributed by atoms with Crippen LogP contribution in [0.25, 0.3) is 6.08 Å². The molecule has 3 amide bonds. The van der Waals surface area contributed by atoms with Crippen LogP contribution in [0.15, 0.2) is 108 Å². The van der Waals surface area contributed by atoms with Crippen molar-refractivity contribution in [3.8, 4) is 0 Å². The predicted molar refractivity (Wildman–Crippen MR) is 170 cm³/mol. The topological polar surface area (TPSA) is 125 Å². The summed E-state index contributed by atoms with van der Waals surface area (Å²) in [6, 6.07) is 27.2. The average Bonchev–Trinajstić information content (AvgIpc) is 2.99. The number of hydrogen-bond acceptors (Lipinski definition) is 5. The first-order chi connectivity index (χ1) is 20.6. The quantitative estimate of drug-likeness (QED) is 0.114. The van der Waals surface area contributed by atoms with E-state index in [1.807, 2.05) is 31.2 Å². The molecule has 43 heavy (non-hydrogen) atoms. The van der Waals surface area contributed by atoms with E-state index in [0.717, 1.165) is 16.0 Å². The van der Waals surface area contributed by atoms with Gasteiger partial charge in [-0.25, -0.2) is 4.79 Å². The van der Waals surface area contributed by atoms with E-state index < -0.39 is 23.0 Å². The van der Waals surface area contributed by atoms with Gasteiger partial charge in [-0.2, -0.15) is 0 Å². The third-order valence-electron chi connectivity index (χ3n) is 6.15. The molecule has 4 aromatic carbocycles. The molecule has 4 rings (SSSR count). The highest BCUT2D eigenvalue weighted by molar-refractivity contribution is 8.00. The molecule has 0 aliphatic carbocycles. The second-order valence-corrected chi connectivity index (χ2v) is 11.3. The molecule has 0 saturated heterocycles. The molecule has 0 fully saturated rings. The van der Waals surface area contributed by atoms with E-state index >= 15 is 0 Å². The zero-order chi connectivity index (χ0) is 30.9. The highest BCUT2D eigenvalue weighted by atomic mass is 35.5. The van der Waals surface area contributed by atoms with E-state index in [4.69, 9.17) is 11.6 Å². The summed E-state index contributed by atoms with van der Waals surface area (Å²) < 4.78 is 0. The van der Waals surface area contributed by atoms with Gasteiger partial charge in [-0.3, -0.25) is 14.4 Å². The summed E-state index contributed by atoms with van der Waals surface area (Å²) in [5.41, 5.74) is 2.98.